The summed E-state index contributed by atoms with van der Waals surface area (Å²) in [6.45, 7) is 2.13. The van der Waals surface area contributed by atoms with Crippen molar-refractivity contribution in [3.63, 3.8) is 0 Å². The molecule has 5 heteroatoms. The first-order valence-electron chi connectivity index (χ1n) is 7.72. The van der Waals surface area contributed by atoms with E-state index in [0.717, 1.165) is 16.9 Å². The van der Waals surface area contributed by atoms with Crippen molar-refractivity contribution in [3.05, 3.63) is 71.9 Å². The zero-order valence-electron chi connectivity index (χ0n) is 13.3. The molecule has 2 aromatic carbocycles. The Morgan fingerprint density at radius 1 is 1.08 bits per heavy atom. The first-order valence-corrected chi connectivity index (χ1v) is 8.84. The second-order valence-electron chi connectivity index (χ2n) is 5.14. The highest BCUT2D eigenvalue weighted by atomic mass is 79.9. The van der Waals surface area contributed by atoms with Gasteiger partial charge in [0.05, 0.1) is 18.0 Å². The van der Waals surface area contributed by atoms with Crippen LogP contribution in [0.2, 0.25) is 0 Å². The molecular weight excluding hydrogens is 368 g/mol. The molecule has 1 aromatic heterocycles. The highest BCUT2D eigenvalue weighted by Gasteiger charge is 2.25. The van der Waals surface area contributed by atoms with E-state index in [2.05, 4.69) is 15.9 Å². The molecule has 24 heavy (non-hydrogen) atoms. The number of hydrogen-bond donors (Lipinski definition) is 0. The minimum Gasteiger partial charge on any atom is -0.462 e. The average molecular weight is 385 g/mol. The van der Waals surface area contributed by atoms with Gasteiger partial charge in [0, 0.05) is 10.9 Å². The van der Waals surface area contributed by atoms with Gasteiger partial charge in [-0.3, -0.25) is 0 Å². The summed E-state index contributed by atoms with van der Waals surface area (Å²) >= 11 is 3.49. The molecule has 0 amide bonds. The van der Waals surface area contributed by atoms with E-state index in [1.807, 2.05) is 60.7 Å². The quantitative estimate of drug-likeness (QED) is 0.476. The normalized spacial score (nSPS) is 10.6. The third-order valence-corrected chi connectivity index (χ3v) is 4.17. The molecule has 0 aliphatic carbocycles. The molecule has 4 nitrogen and oxygen atoms in total. The van der Waals surface area contributed by atoms with Gasteiger partial charge in [0.2, 0.25) is 0 Å². The molecule has 0 bridgehead atoms. The van der Waals surface area contributed by atoms with Gasteiger partial charge in [0.15, 0.2) is 0 Å². The molecule has 0 unspecified atom stereocenters. The summed E-state index contributed by atoms with van der Waals surface area (Å²) in [6.07, 6.45) is 0. The maximum Gasteiger partial charge on any atom is 0.342 e. The van der Waals surface area contributed by atoms with Crippen LogP contribution in [0.4, 0.5) is 0 Å². The Labute approximate surface area is 149 Å². The van der Waals surface area contributed by atoms with Crippen LogP contribution in [0.3, 0.4) is 0 Å². The lowest BCUT2D eigenvalue weighted by atomic mass is 10.1. The van der Waals surface area contributed by atoms with E-state index in [1.54, 1.807) is 11.6 Å². The number of para-hydroxylation sites is 1. The molecule has 0 fully saturated rings. The Bertz CT molecular complexity index is 829. The fourth-order valence-corrected chi connectivity index (χ4v) is 3.09. The van der Waals surface area contributed by atoms with Crippen molar-refractivity contribution in [2.24, 2.45) is 0 Å². The van der Waals surface area contributed by atoms with Gasteiger partial charge >= 0.3 is 5.97 Å². The van der Waals surface area contributed by atoms with E-state index in [9.17, 15) is 4.79 Å². The molecule has 0 aliphatic rings. The van der Waals surface area contributed by atoms with Crippen LogP contribution in [-0.4, -0.2) is 22.4 Å². The number of hydrogen-bond acceptors (Lipinski definition) is 3. The second-order valence-corrected chi connectivity index (χ2v) is 5.70. The summed E-state index contributed by atoms with van der Waals surface area (Å²) in [5, 5.41) is 5.21. The van der Waals surface area contributed by atoms with Gasteiger partial charge in [-0.2, -0.15) is 5.10 Å². The molecule has 0 radical (unpaired) electrons. The van der Waals surface area contributed by atoms with Crippen molar-refractivity contribution in [2.75, 3.05) is 6.61 Å². The fourth-order valence-electron chi connectivity index (χ4n) is 2.57. The molecule has 1 heterocycles. The van der Waals surface area contributed by atoms with Crippen molar-refractivity contribution in [2.45, 2.75) is 12.3 Å². The van der Waals surface area contributed by atoms with Crippen molar-refractivity contribution in [1.82, 2.24) is 9.78 Å². The van der Waals surface area contributed by atoms with Gasteiger partial charge < -0.3 is 4.74 Å². The minimum atomic E-state index is -0.354. The van der Waals surface area contributed by atoms with Gasteiger partial charge in [-0.25, -0.2) is 9.48 Å². The monoisotopic (exact) mass is 384 g/mol. The van der Waals surface area contributed by atoms with Crippen LogP contribution in [0.1, 0.15) is 23.0 Å². The van der Waals surface area contributed by atoms with Crippen molar-refractivity contribution < 1.29 is 9.53 Å². The molecule has 0 atom stereocenters. The van der Waals surface area contributed by atoms with E-state index in [0.29, 0.717) is 23.2 Å². The maximum absolute atomic E-state index is 12.6. The second kappa shape index (κ2) is 7.45. The number of carbonyl (C=O) groups excluding carboxylic acids is 1. The Morgan fingerprint density at radius 2 is 1.71 bits per heavy atom. The number of aromatic nitrogens is 2. The van der Waals surface area contributed by atoms with Crippen LogP contribution in [0.25, 0.3) is 16.9 Å². The number of nitrogens with zero attached hydrogens (tertiary/aromatic N) is 2. The summed E-state index contributed by atoms with van der Waals surface area (Å²) in [7, 11) is 0. The van der Waals surface area contributed by atoms with Crippen molar-refractivity contribution in [1.29, 1.82) is 0 Å². The van der Waals surface area contributed by atoms with Crippen LogP contribution in [-0.2, 0) is 10.1 Å². The van der Waals surface area contributed by atoms with E-state index < -0.39 is 0 Å². The van der Waals surface area contributed by atoms with E-state index in [1.165, 1.54) is 0 Å². The van der Waals surface area contributed by atoms with Gasteiger partial charge in [-0.1, -0.05) is 64.5 Å². The summed E-state index contributed by atoms with van der Waals surface area (Å²) in [4.78, 5) is 12.6. The number of carbonyl (C=O) groups is 1. The highest BCUT2D eigenvalue weighted by molar-refractivity contribution is 9.08. The summed E-state index contributed by atoms with van der Waals surface area (Å²) < 4.78 is 7.06. The standard InChI is InChI=1S/C19H17BrN2O2/c1-2-24-19(23)17-16(13-20)22(15-11-7-4-8-12-15)21-18(17)14-9-5-3-6-10-14/h3-12H,2,13H2,1H3. The topological polar surface area (TPSA) is 44.1 Å². The van der Waals surface area contributed by atoms with Gasteiger partial charge in [0.1, 0.15) is 11.3 Å². The van der Waals surface area contributed by atoms with Crippen LogP contribution in [0, 0.1) is 0 Å². The number of alkyl halides is 1. The summed E-state index contributed by atoms with van der Waals surface area (Å²) in [6, 6.07) is 19.4. The lowest BCUT2D eigenvalue weighted by Crippen LogP contribution is -2.09. The summed E-state index contributed by atoms with van der Waals surface area (Å²) in [5.74, 6) is -0.354. The largest absolute Gasteiger partial charge is 0.462 e. The van der Waals surface area contributed by atoms with Crippen molar-refractivity contribution >= 4 is 21.9 Å². The minimum absolute atomic E-state index is 0.325. The average Bonchev–Trinajstić information content (AvgIpc) is 3.03. The smallest absolute Gasteiger partial charge is 0.342 e. The van der Waals surface area contributed by atoms with Crippen LogP contribution < -0.4 is 0 Å². The van der Waals surface area contributed by atoms with Crippen LogP contribution in [0.15, 0.2) is 60.7 Å². The van der Waals surface area contributed by atoms with Crippen LogP contribution >= 0.6 is 15.9 Å². The SMILES string of the molecule is CCOC(=O)c1c(-c2ccccc2)nn(-c2ccccc2)c1CBr. The third kappa shape index (κ3) is 3.12. The first kappa shape index (κ1) is 16.5. The maximum atomic E-state index is 12.6. The number of ether oxygens (including phenoxy) is 1. The fraction of sp³-hybridized carbons (Fsp3) is 0.158. The van der Waals surface area contributed by atoms with Gasteiger partial charge in [-0.05, 0) is 19.1 Å². The summed E-state index contributed by atoms with van der Waals surface area (Å²) in [5.41, 5.74) is 3.70. The molecule has 3 aromatic rings. The van der Waals surface area contributed by atoms with Gasteiger partial charge in [-0.15, -0.1) is 0 Å². The molecule has 0 aliphatic heterocycles. The number of benzene rings is 2. The van der Waals surface area contributed by atoms with E-state index >= 15 is 0 Å². The number of halogens is 1. The lowest BCUT2D eigenvalue weighted by molar-refractivity contribution is 0.0526. The molecule has 0 spiro atoms. The zero-order valence-corrected chi connectivity index (χ0v) is 14.9. The molecular formula is C19H17BrN2O2. The first-order chi connectivity index (χ1) is 11.8. The van der Waals surface area contributed by atoms with Crippen LogP contribution in [0.5, 0.6) is 0 Å². The number of rotatable bonds is 5. The molecule has 122 valence electrons. The van der Waals surface area contributed by atoms with E-state index in [4.69, 9.17) is 9.84 Å². The number of esters is 1. The Hall–Kier alpha value is -2.40. The third-order valence-electron chi connectivity index (χ3n) is 3.64. The predicted octanol–water partition coefficient (Wildman–Crippen LogP) is 4.61. The zero-order chi connectivity index (χ0) is 16.9. The lowest BCUT2D eigenvalue weighted by Gasteiger charge is -2.07. The van der Waals surface area contributed by atoms with Crippen molar-refractivity contribution in [3.8, 4) is 16.9 Å². The Kier molecular flexibility index (Phi) is 5.11. The predicted molar refractivity (Wildman–Crippen MR) is 97.6 cm³/mol. The molecule has 0 saturated carbocycles. The molecule has 0 N–H and O–H groups in total. The molecule has 0 saturated heterocycles. The highest BCUT2D eigenvalue weighted by Crippen LogP contribution is 2.29. The van der Waals surface area contributed by atoms with Gasteiger partial charge in [0.25, 0.3) is 0 Å². The molecule has 3 rings (SSSR count). The Morgan fingerprint density at radius 3 is 2.29 bits per heavy atom. The van der Waals surface area contributed by atoms with E-state index in [-0.39, 0.29) is 5.97 Å². The Balaban J connectivity index is 2.24.